The van der Waals surface area contributed by atoms with Crippen LogP contribution in [0, 0.1) is 4.77 Å². The van der Waals surface area contributed by atoms with Gasteiger partial charge in [0, 0.05) is 12.6 Å². The summed E-state index contributed by atoms with van der Waals surface area (Å²) in [4.78, 5) is 1.26. The first kappa shape index (κ1) is 12.2. The number of thiophene rings is 1. The fraction of sp³-hybridized carbons (Fsp3) is 0.333. The lowest BCUT2D eigenvalue weighted by molar-refractivity contribution is 0.899. The zero-order valence-corrected chi connectivity index (χ0v) is 12.6. The van der Waals surface area contributed by atoms with Gasteiger partial charge >= 0.3 is 0 Å². The molecule has 2 aromatic rings. The SMILES string of the molecule is CSc1sc(-c2n[nH]c(=S)n2C)c2c1C=CCC2. The average molecular weight is 295 g/mol. The quantitative estimate of drug-likeness (QED) is 0.674. The Morgan fingerprint density at radius 2 is 2.39 bits per heavy atom. The summed E-state index contributed by atoms with van der Waals surface area (Å²) < 4.78 is 3.98. The summed E-state index contributed by atoms with van der Waals surface area (Å²) in [5.41, 5.74) is 2.80. The molecule has 0 amide bonds. The molecule has 0 atom stereocenters. The Labute approximate surface area is 119 Å². The van der Waals surface area contributed by atoms with Crippen LogP contribution in [0.4, 0.5) is 0 Å². The first-order chi connectivity index (χ1) is 8.72. The molecule has 6 heteroatoms. The topological polar surface area (TPSA) is 33.6 Å². The van der Waals surface area contributed by atoms with Gasteiger partial charge < -0.3 is 4.57 Å². The Balaban J connectivity index is 2.24. The van der Waals surface area contributed by atoms with Crippen molar-refractivity contribution in [3.05, 3.63) is 22.0 Å². The van der Waals surface area contributed by atoms with Crippen molar-refractivity contribution >= 4 is 41.4 Å². The van der Waals surface area contributed by atoms with Crippen LogP contribution < -0.4 is 0 Å². The van der Waals surface area contributed by atoms with E-state index in [1.54, 1.807) is 11.8 Å². The van der Waals surface area contributed by atoms with Crippen molar-refractivity contribution in [3.63, 3.8) is 0 Å². The molecule has 0 unspecified atom stereocenters. The highest BCUT2D eigenvalue weighted by molar-refractivity contribution is 8.00. The van der Waals surface area contributed by atoms with E-state index in [-0.39, 0.29) is 0 Å². The van der Waals surface area contributed by atoms with Gasteiger partial charge in [-0.2, -0.15) is 5.10 Å². The van der Waals surface area contributed by atoms with Crippen LogP contribution in [-0.4, -0.2) is 21.0 Å². The Hall–Kier alpha value is -0.850. The van der Waals surface area contributed by atoms with E-state index >= 15 is 0 Å². The number of aromatic nitrogens is 3. The zero-order chi connectivity index (χ0) is 12.7. The van der Waals surface area contributed by atoms with E-state index in [0.29, 0.717) is 4.77 Å². The predicted molar refractivity (Wildman–Crippen MR) is 80.8 cm³/mol. The van der Waals surface area contributed by atoms with Crippen molar-refractivity contribution < 1.29 is 0 Å². The molecule has 0 saturated carbocycles. The van der Waals surface area contributed by atoms with Gasteiger partial charge in [-0.1, -0.05) is 12.2 Å². The maximum atomic E-state index is 5.19. The van der Waals surface area contributed by atoms with Gasteiger partial charge in [-0.25, -0.2) is 0 Å². The van der Waals surface area contributed by atoms with Gasteiger partial charge in [0.2, 0.25) is 0 Å². The molecule has 0 aromatic carbocycles. The molecule has 0 spiro atoms. The molecule has 3 rings (SSSR count). The molecule has 0 bridgehead atoms. The van der Waals surface area contributed by atoms with Crippen LogP contribution in [-0.2, 0) is 13.5 Å². The number of nitrogens with zero attached hydrogens (tertiary/aromatic N) is 2. The second-order valence-electron chi connectivity index (χ2n) is 4.17. The largest absolute Gasteiger partial charge is 0.303 e. The highest BCUT2D eigenvalue weighted by Gasteiger charge is 2.21. The maximum Gasteiger partial charge on any atom is 0.195 e. The number of fused-ring (bicyclic) bond motifs is 1. The summed E-state index contributed by atoms with van der Waals surface area (Å²) in [6.07, 6.45) is 8.83. The van der Waals surface area contributed by atoms with Crippen LogP contribution in [0.1, 0.15) is 17.5 Å². The lowest BCUT2D eigenvalue weighted by Gasteiger charge is -2.08. The van der Waals surface area contributed by atoms with Crippen LogP contribution in [0.15, 0.2) is 10.3 Å². The van der Waals surface area contributed by atoms with Gasteiger partial charge in [0.15, 0.2) is 10.6 Å². The van der Waals surface area contributed by atoms with Gasteiger partial charge in [0.05, 0.1) is 9.09 Å². The minimum absolute atomic E-state index is 0.671. The Morgan fingerprint density at radius 3 is 3.06 bits per heavy atom. The first-order valence-electron chi connectivity index (χ1n) is 5.70. The lowest BCUT2D eigenvalue weighted by Crippen LogP contribution is -1.96. The fourth-order valence-corrected chi connectivity index (χ4v) is 4.41. The average Bonchev–Trinajstić information content (AvgIpc) is 2.92. The van der Waals surface area contributed by atoms with Crippen LogP contribution in [0.25, 0.3) is 16.8 Å². The Morgan fingerprint density at radius 1 is 1.56 bits per heavy atom. The molecule has 94 valence electrons. The number of hydrogen-bond donors (Lipinski definition) is 1. The second kappa shape index (κ2) is 4.68. The van der Waals surface area contributed by atoms with Crippen molar-refractivity contribution in [1.82, 2.24) is 14.8 Å². The van der Waals surface area contributed by atoms with E-state index < -0.39 is 0 Å². The second-order valence-corrected chi connectivity index (χ2v) is 6.65. The van der Waals surface area contributed by atoms with E-state index in [1.165, 1.54) is 20.2 Å². The van der Waals surface area contributed by atoms with Crippen LogP contribution in [0.3, 0.4) is 0 Å². The van der Waals surface area contributed by atoms with Gasteiger partial charge in [0.1, 0.15) is 0 Å². The summed E-state index contributed by atoms with van der Waals surface area (Å²) in [7, 11) is 1.96. The van der Waals surface area contributed by atoms with Gasteiger partial charge in [0.25, 0.3) is 0 Å². The molecular weight excluding hydrogens is 282 g/mol. The number of rotatable bonds is 2. The van der Waals surface area contributed by atoms with E-state index in [9.17, 15) is 0 Å². The Kier molecular flexibility index (Phi) is 3.17. The third-order valence-electron chi connectivity index (χ3n) is 3.13. The van der Waals surface area contributed by atoms with Crippen molar-refractivity contribution in [2.45, 2.75) is 17.1 Å². The number of aromatic amines is 1. The first-order valence-corrected chi connectivity index (χ1v) is 8.15. The van der Waals surface area contributed by atoms with Crippen molar-refractivity contribution in [3.8, 4) is 10.7 Å². The smallest absolute Gasteiger partial charge is 0.195 e. The third kappa shape index (κ3) is 1.79. The van der Waals surface area contributed by atoms with E-state index in [1.807, 2.05) is 23.0 Å². The Bertz CT molecular complexity index is 675. The van der Waals surface area contributed by atoms with Crippen LogP contribution in [0.2, 0.25) is 0 Å². The zero-order valence-electron chi connectivity index (χ0n) is 10.2. The molecule has 0 saturated heterocycles. The number of hydrogen-bond acceptors (Lipinski definition) is 4. The van der Waals surface area contributed by atoms with E-state index in [0.717, 1.165) is 18.7 Å². The molecule has 2 heterocycles. The summed E-state index contributed by atoms with van der Waals surface area (Å²) in [5, 5.41) is 7.23. The van der Waals surface area contributed by atoms with Crippen molar-refractivity contribution in [1.29, 1.82) is 0 Å². The molecule has 0 radical (unpaired) electrons. The monoisotopic (exact) mass is 295 g/mol. The highest BCUT2D eigenvalue weighted by Crippen LogP contribution is 2.43. The fourth-order valence-electron chi connectivity index (χ4n) is 2.18. The molecule has 0 aliphatic heterocycles. The molecule has 0 fully saturated rings. The maximum absolute atomic E-state index is 5.19. The highest BCUT2D eigenvalue weighted by atomic mass is 32.2. The minimum atomic E-state index is 0.671. The molecule has 18 heavy (non-hydrogen) atoms. The molecule has 1 aliphatic carbocycles. The summed E-state index contributed by atoms with van der Waals surface area (Å²) >= 11 is 8.82. The molecule has 2 aromatic heterocycles. The minimum Gasteiger partial charge on any atom is -0.303 e. The van der Waals surface area contributed by atoms with E-state index in [2.05, 4.69) is 28.6 Å². The number of H-pyrrole nitrogens is 1. The molecule has 1 aliphatic rings. The summed E-state index contributed by atoms with van der Waals surface area (Å²) in [6, 6.07) is 0. The lowest BCUT2D eigenvalue weighted by atomic mass is 10.00. The van der Waals surface area contributed by atoms with Crippen LogP contribution in [0.5, 0.6) is 0 Å². The standard InChI is InChI=1S/C12H13N3S3/c1-15-10(13-14-12(15)16)9-7-5-3-4-6-8(7)11(17-2)18-9/h4,6H,3,5H2,1-2H3,(H,14,16). The molecule has 1 N–H and O–H groups in total. The number of nitrogens with one attached hydrogen (secondary N) is 1. The van der Waals surface area contributed by atoms with E-state index in [4.69, 9.17) is 12.2 Å². The van der Waals surface area contributed by atoms with Crippen molar-refractivity contribution in [2.75, 3.05) is 6.26 Å². The summed E-state index contributed by atoms with van der Waals surface area (Å²) in [6.45, 7) is 0. The number of allylic oxidation sites excluding steroid dienone is 1. The molecule has 3 nitrogen and oxygen atoms in total. The van der Waals surface area contributed by atoms with Gasteiger partial charge in [-0.3, -0.25) is 5.10 Å². The van der Waals surface area contributed by atoms with Crippen molar-refractivity contribution in [2.24, 2.45) is 7.05 Å². The van der Waals surface area contributed by atoms with Crippen LogP contribution >= 0.6 is 35.3 Å². The van der Waals surface area contributed by atoms with Gasteiger partial charge in [-0.15, -0.1) is 23.1 Å². The third-order valence-corrected chi connectivity index (χ3v) is 5.87. The number of thioether (sulfide) groups is 1. The normalized spacial score (nSPS) is 13.9. The molecular formula is C12H13N3S3. The summed E-state index contributed by atoms with van der Waals surface area (Å²) in [5.74, 6) is 0.955. The predicted octanol–water partition coefficient (Wildman–Crippen LogP) is 3.89. The van der Waals surface area contributed by atoms with Gasteiger partial charge in [-0.05, 0) is 36.9 Å².